The molecule has 0 unspecified atom stereocenters. The monoisotopic (exact) mass is 209 g/mol. The zero-order chi connectivity index (χ0) is 11.3. The lowest BCUT2D eigenvalue weighted by molar-refractivity contribution is -0.121. The van der Waals surface area contributed by atoms with Crippen LogP contribution >= 0.6 is 0 Å². The van der Waals surface area contributed by atoms with Gasteiger partial charge in [0, 0.05) is 32.5 Å². The standard InChI is InChI=1S/C13H23NO/c1-12(2)11(13(12,3)4)9-14-7-5-10(15)6-8-14/h11H,5-9H2,1-4H3. The third-order valence-electron chi connectivity index (χ3n) is 5.17. The average molecular weight is 209 g/mol. The largest absolute Gasteiger partial charge is 0.302 e. The minimum Gasteiger partial charge on any atom is -0.302 e. The van der Waals surface area contributed by atoms with Gasteiger partial charge in [-0.05, 0) is 16.7 Å². The Labute approximate surface area is 93.0 Å². The van der Waals surface area contributed by atoms with Gasteiger partial charge in [-0.1, -0.05) is 27.7 Å². The zero-order valence-electron chi connectivity index (χ0n) is 10.5. The number of ketones is 1. The maximum absolute atomic E-state index is 11.1. The summed E-state index contributed by atoms with van der Waals surface area (Å²) in [7, 11) is 0. The Hall–Kier alpha value is -0.370. The van der Waals surface area contributed by atoms with E-state index in [1.165, 1.54) is 6.54 Å². The van der Waals surface area contributed by atoms with Crippen LogP contribution in [-0.4, -0.2) is 30.3 Å². The smallest absolute Gasteiger partial charge is 0.135 e. The molecule has 0 aromatic carbocycles. The van der Waals surface area contributed by atoms with Crippen LogP contribution in [0, 0.1) is 16.7 Å². The first kappa shape index (κ1) is 11.1. The van der Waals surface area contributed by atoms with Crippen LogP contribution in [0.4, 0.5) is 0 Å². The van der Waals surface area contributed by atoms with E-state index in [0.29, 0.717) is 16.6 Å². The number of piperidine rings is 1. The van der Waals surface area contributed by atoms with Crippen LogP contribution in [0.25, 0.3) is 0 Å². The first-order valence-corrected chi connectivity index (χ1v) is 6.10. The fourth-order valence-electron chi connectivity index (χ4n) is 3.03. The van der Waals surface area contributed by atoms with Crippen molar-refractivity contribution in [2.24, 2.45) is 16.7 Å². The zero-order valence-corrected chi connectivity index (χ0v) is 10.5. The normalized spacial score (nSPS) is 30.5. The van der Waals surface area contributed by atoms with E-state index in [9.17, 15) is 4.79 Å². The lowest BCUT2D eigenvalue weighted by atomic mass is 10.0. The Bertz CT molecular complexity index is 256. The van der Waals surface area contributed by atoms with Gasteiger partial charge in [-0.15, -0.1) is 0 Å². The van der Waals surface area contributed by atoms with Gasteiger partial charge in [-0.25, -0.2) is 0 Å². The van der Waals surface area contributed by atoms with Gasteiger partial charge in [0.25, 0.3) is 0 Å². The van der Waals surface area contributed by atoms with Crippen LogP contribution in [0.15, 0.2) is 0 Å². The molecule has 0 N–H and O–H groups in total. The van der Waals surface area contributed by atoms with Crippen LogP contribution in [0.5, 0.6) is 0 Å². The lowest BCUT2D eigenvalue weighted by Gasteiger charge is -2.26. The second-order valence-electron chi connectivity index (χ2n) is 6.34. The molecule has 86 valence electrons. The highest BCUT2D eigenvalue weighted by Crippen LogP contribution is 2.68. The second-order valence-corrected chi connectivity index (χ2v) is 6.34. The summed E-state index contributed by atoms with van der Waals surface area (Å²) in [6.45, 7) is 12.6. The molecule has 0 spiro atoms. The quantitative estimate of drug-likeness (QED) is 0.695. The fraction of sp³-hybridized carbons (Fsp3) is 0.923. The van der Waals surface area contributed by atoms with Crippen molar-refractivity contribution < 1.29 is 4.79 Å². The van der Waals surface area contributed by atoms with E-state index < -0.39 is 0 Å². The number of carbonyl (C=O) groups excluding carboxylic acids is 1. The van der Waals surface area contributed by atoms with Gasteiger partial charge < -0.3 is 4.90 Å². The fourth-order valence-corrected chi connectivity index (χ4v) is 3.03. The van der Waals surface area contributed by atoms with Gasteiger partial charge >= 0.3 is 0 Å². The number of likely N-dealkylation sites (tertiary alicyclic amines) is 1. The summed E-state index contributed by atoms with van der Waals surface area (Å²) < 4.78 is 0. The topological polar surface area (TPSA) is 20.3 Å². The Balaban J connectivity index is 1.87. The van der Waals surface area contributed by atoms with E-state index in [1.807, 2.05) is 0 Å². The number of carbonyl (C=O) groups is 1. The summed E-state index contributed by atoms with van der Waals surface area (Å²) >= 11 is 0. The van der Waals surface area contributed by atoms with Crippen molar-refractivity contribution in [3.05, 3.63) is 0 Å². The molecule has 2 aliphatic rings. The van der Waals surface area contributed by atoms with E-state index in [4.69, 9.17) is 0 Å². The molecule has 0 bridgehead atoms. The lowest BCUT2D eigenvalue weighted by Crippen LogP contribution is -2.36. The molecule has 1 saturated heterocycles. The molecule has 0 aromatic heterocycles. The molecule has 1 saturated carbocycles. The highest BCUT2D eigenvalue weighted by atomic mass is 16.1. The molecule has 2 fully saturated rings. The molecule has 0 radical (unpaired) electrons. The van der Waals surface area contributed by atoms with E-state index >= 15 is 0 Å². The van der Waals surface area contributed by atoms with Gasteiger partial charge in [-0.3, -0.25) is 4.79 Å². The Kier molecular flexibility index (Phi) is 2.45. The van der Waals surface area contributed by atoms with Crippen molar-refractivity contribution in [1.82, 2.24) is 4.90 Å². The summed E-state index contributed by atoms with van der Waals surface area (Å²) in [4.78, 5) is 13.6. The van der Waals surface area contributed by atoms with Crippen LogP contribution in [0.3, 0.4) is 0 Å². The van der Waals surface area contributed by atoms with Gasteiger partial charge in [0.05, 0.1) is 0 Å². The molecule has 2 heteroatoms. The number of hydrogen-bond acceptors (Lipinski definition) is 2. The van der Waals surface area contributed by atoms with Gasteiger partial charge in [0.2, 0.25) is 0 Å². The van der Waals surface area contributed by atoms with Crippen molar-refractivity contribution in [2.45, 2.75) is 40.5 Å². The van der Waals surface area contributed by atoms with Crippen molar-refractivity contribution >= 4 is 5.78 Å². The van der Waals surface area contributed by atoms with Crippen molar-refractivity contribution in [3.63, 3.8) is 0 Å². The highest BCUT2D eigenvalue weighted by molar-refractivity contribution is 5.79. The number of rotatable bonds is 2. The molecule has 2 rings (SSSR count). The third-order valence-corrected chi connectivity index (χ3v) is 5.17. The molecule has 0 amide bonds. The van der Waals surface area contributed by atoms with Crippen LogP contribution in [0.2, 0.25) is 0 Å². The first-order valence-electron chi connectivity index (χ1n) is 6.10. The molecular formula is C13H23NO. The summed E-state index contributed by atoms with van der Waals surface area (Å²) in [5.41, 5.74) is 0.961. The summed E-state index contributed by atoms with van der Waals surface area (Å²) in [5.74, 6) is 1.25. The van der Waals surface area contributed by atoms with E-state index in [1.54, 1.807) is 0 Å². The van der Waals surface area contributed by atoms with Gasteiger partial charge in [0.1, 0.15) is 5.78 Å². The SMILES string of the molecule is CC1(C)C(CN2CCC(=O)CC2)C1(C)C. The molecule has 0 atom stereocenters. The molecule has 15 heavy (non-hydrogen) atoms. The first-order chi connectivity index (χ1) is 6.85. The van der Waals surface area contributed by atoms with E-state index in [0.717, 1.165) is 31.8 Å². The third kappa shape index (κ3) is 1.73. The number of nitrogens with zero attached hydrogens (tertiary/aromatic N) is 1. The maximum atomic E-state index is 11.1. The van der Waals surface area contributed by atoms with E-state index in [2.05, 4.69) is 32.6 Å². The Morgan fingerprint density at radius 2 is 1.60 bits per heavy atom. The Morgan fingerprint density at radius 3 is 2.00 bits per heavy atom. The number of hydrogen-bond donors (Lipinski definition) is 0. The van der Waals surface area contributed by atoms with Gasteiger partial charge in [-0.2, -0.15) is 0 Å². The molecule has 1 heterocycles. The maximum Gasteiger partial charge on any atom is 0.135 e. The Morgan fingerprint density at radius 1 is 1.13 bits per heavy atom. The summed E-state index contributed by atoms with van der Waals surface area (Å²) in [5, 5.41) is 0. The minimum atomic E-state index is 0.445. The molecular weight excluding hydrogens is 186 g/mol. The molecule has 1 aliphatic carbocycles. The van der Waals surface area contributed by atoms with Crippen molar-refractivity contribution in [1.29, 1.82) is 0 Å². The molecule has 0 aromatic rings. The van der Waals surface area contributed by atoms with Crippen LogP contribution in [0.1, 0.15) is 40.5 Å². The van der Waals surface area contributed by atoms with Crippen molar-refractivity contribution in [2.75, 3.05) is 19.6 Å². The predicted molar refractivity (Wildman–Crippen MR) is 61.7 cm³/mol. The van der Waals surface area contributed by atoms with Crippen LogP contribution in [-0.2, 0) is 4.79 Å². The summed E-state index contributed by atoms with van der Waals surface area (Å²) in [6.07, 6.45) is 1.54. The average Bonchev–Trinajstić information content (AvgIpc) is 2.52. The van der Waals surface area contributed by atoms with E-state index in [-0.39, 0.29) is 0 Å². The minimum absolute atomic E-state index is 0.445. The highest BCUT2D eigenvalue weighted by Gasteiger charge is 2.64. The number of Topliss-reactive ketones (excluding diaryl/α,β-unsaturated/α-hetero) is 1. The molecule has 2 nitrogen and oxygen atoms in total. The van der Waals surface area contributed by atoms with Crippen LogP contribution < -0.4 is 0 Å². The van der Waals surface area contributed by atoms with Crippen molar-refractivity contribution in [3.8, 4) is 0 Å². The molecule has 1 aliphatic heterocycles. The predicted octanol–water partition coefficient (Wildman–Crippen LogP) is 2.33. The van der Waals surface area contributed by atoms with Gasteiger partial charge in [0.15, 0.2) is 0 Å². The summed E-state index contributed by atoms with van der Waals surface area (Å²) in [6, 6.07) is 0. The second kappa shape index (κ2) is 3.31.